The lowest BCUT2D eigenvalue weighted by Crippen LogP contribution is -2.36. The number of carbonyl (C=O) groups is 1. The van der Waals surface area contributed by atoms with Gasteiger partial charge in [0, 0.05) is 0 Å². The summed E-state index contributed by atoms with van der Waals surface area (Å²) >= 11 is 0. The van der Waals surface area contributed by atoms with Crippen molar-refractivity contribution in [3.05, 3.63) is 29.3 Å². The smallest absolute Gasteiger partial charge is 0.316 e. The molecule has 0 amide bonds. The summed E-state index contributed by atoms with van der Waals surface area (Å²) in [5.41, 5.74) is 0.256. The van der Waals surface area contributed by atoms with Crippen LogP contribution in [0.1, 0.15) is 25.0 Å². The summed E-state index contributed by atoms with van der Waals surface area (Å²) in [4.78, 5) is 11.2. The van der Waals surface area contributed by atoms with Gasteiger partial charge in [0.05, 0.1) is 13.7 Å². The van der Waals surface area contributed by atoms with Crippen LogP contribution >= 0.6 is 0 Å². The molecule has 1 aromatic rings. The van der Waals surface area contributed by atoms with Crippen LogP contribution in [0.15, 0.2) is 18.2 Å². The van der Waals surface area contributed by atoms with Crippen LogP contribution in [-0.2, 0) is 16.6 Å². The van der Waals surface area contributed by atoms with Gasteiger partial charge in [-0.3, -0.25) is 4.79 Å². The molecule has 4 nitrogen and oxygen atoms in total. The van der Waals surface area contributed by atoms with E-state index in [1.54, 1.807) is 25.3 Å². The number of hydrogen-bond donors (Lipinski definition) is 2. The Labute approximate surface area is 101 Å². The van der Waals surface area contributed by atoms with Crippen LogP contribution in [-0.4, -0.2) is 29.9 Å². The van der Waals surface area contributed by atoms with Gasteiger partial charge >= 0.3 is 5.97 Å². The first-order valence-electron chi connectivity index (χ1n) is 5.51. The highest BCUT2D eigenvalue weighted by Gasteiger charge is 2.34. The lowest BCUT2D eigenvalue weighted by Gasteiger charge is -2.23. The van der Waals surface area contributed by atoms with E-state index in [0.29, 0.717) is 5.56 Å². The molecule has 17 heavy (non-hydrogen) atoms. The Morgan fingerprint density at radius 2 is 2.12 bits per heavy atom. The molecule has 1 aromatic carbocycles. The van der Waals surface area contributed by atoms with Crippen LogP contribution in [0.25, 0.3) is 0 Å². The van der Waals surface area contributed by atoms with Crippen LogP contribution < -0.4 is 4.74 Å². The van der Waals surface area contributed by atoms with E-state index in [9.17, 15) is 15.0 Å². The van der Waals surface area contributed by atoms with E-state index in [0.717, 1.165) is 17.7 Å². The van der Waals surface area contributed by atoms with E-state index in [1.807, 2.05) is 6.92 Å². The molecule has 0 aliphatic heterocycles. The number of ether oxygens (including phenoxy) is 1. The standard InChI is InChI=1S/C13H18O4/c1-4-9-7-10(5-6-11(9)17-3)13(2,8-14)12(15)16/h5-7,14H,4,8H2,1-3H3,(H,15,16). The summed E-state index contributed by atoms with van der Waals surface area (Å²) in [6.07, 6.45) is 0.748. The number of hydrogen-bond acceptors (Lipinski definition) is 3. The average molecular weight is 238 g/mol. The Morgan fingerprint density at radius 1 is 1.47 bits per heavy atom. The lowest BCUT2D eigenvalue weighted by molar-refractivity contribution is -0.144. The minimum atomic E-state index is -1.27. The molecule has 1 unspecified atom stereocenters. The van der Waals surface area contributed by atoms with E-state index in [1.165, 1.54) is 6.92 Å². The van der Waals surface area contributed by atoms with Gasteiger partial charge in [-0.2, -0.15) is 0 Å². The third kappa shape index (κ3) is 2.42. The van der Waals surface area contributed by atoms with Gasteiger partial charge in [-0.1, -0.05) is 19.1 Å². The first kappa shape index (κ1) is 13.5. The minimum absolute atomic E-state index is 0.433. The third-order valence-electron chi connectivity index (χ3n) is 3.09. The molecule has 0 aliphatic carbocycles. The number of rotatable bonds is 5. The van der Waals surface area contributed by atoms with Crippen LogP contribution in [0.3, 0.4) is 0 Å². The highest BCUT2D eigenvalue weighted by atomic mass is 16.5. The van der Waals surface area contributed by atoms with Crippen molar-refractivity contribution in [2.24, 2.45) is 0 Å². The maximum atomic E-state index is 11.2. The van der Waals surface area contributed by atoms with Gasteiger partial charge in [0.15, 0.2) is 0 Å². The number of aliphatic hydroxyl groups is 1. The molecule has 0 saturated heterocycles. The van der Waals surface area contributed by atoms with Gasteiger partial charge in [-0.05, 0) is 30.5 Å². The molecule has 0 fully saturated rings. The Balaban J connectivity index is 3.27. The summed E-state index contributed by atoms with van der Waals surface area (Å²) in [5, 5.41) is 18.5. The monoisotopic (exact) mass is 238 g/mol. The molecule has 0 aromatic heterocycles. The molecular formula is C13H18O4. The van der Waals surface area contributed by atoms with Crippen LogP contribution in [0.5, 0.6) is 5.75 Å². The maximum absolute atomic E-state index is 11.2. The van der Waals surface area contributed by atoms with E-state index in [-0.39, 0.29) is 0 Å². The Morgan fingerprint density at radius 3 is 2.53 bits per heavy atom. The lowest BCUT2D eigenvalue weighted by atomic mass is 9.82. The predicted molar refractivity (Wildman–Crippen MR) is 64.4 cm³/mol. The molecule has 0 spiro atoms. The minimum Gasteiger partial charge on any atom is -0.496 e. The molecule has 94 valence electrons. The summed E-state index contributed by atoms with van der Waals surface area (Å²) in [6.45, 7) is 3.05. The van der Waals surface area contributed by atoms with Crippen molar-refractivity contribution in [1.29, 1.82) is 0 Å². The van der Waals surface area contributed by atoms with Gasteiger partial charge in [0.2, 0.25) is 0 Å². The molecule has 4 heteroatoms. The van der Waals surface area contributed by atoms with Crippen LogP contribution in [0, 0.1) is 0 Å². The number of methoxy groups -OCH3 is 1. The van der Waals surface area contributed by atoms with Gasteiger partial charge in [-0.15, -0.1) is 0 Å². The Kier molecular flexibility index (Phi) is 4.12. The molecule has 2 N–H and O–H groups in total. The Hall–Kier alpha value is -1.55. The first-order chi connectivity index (χ1) is 7.99. The van der Waals surface area contributed by atoms with Crippen LogP contribution in [0.4, 0.5) is 0 Å². The molecule has 0 heterocycles. The normalized spacial score (nSPS) is 14.1. The molecular weight excluding hydrogens is 220 g/mol. The second kappa shape index (κ2) is 5.19. The number of aryl methyl sites for hydroxylation is 1. The van der Waals surface area contributed by atoms with Crippen molar-refractivity contribution in [1.82, 2.24) is 0 Å². The van der Waals surface area contributed by atoms with Gasteiger partial charge < -0.3 is 14.9 Å². The van der Waals surface area contributed by atoms with Crippen molar-refractivity contribution >= 4 is 5.97 Å². The summed E-state index contributed by atoms with van der Waals surface area (Å²) < 4.78 is 5.19. The highest BCUT2D eigenvalue weighted by molar-refractivity contribution is 5.81. The maximum Gasteiger partial charge on any atom is 0.316 e. The largest absolute Gasteiger partial charge is 0.496 e. The molecule has 1 atom stereocenters. The highest BCUT2D eigenvalue weighted by Crippen LogP contribution is 2.29. The van der Waals surface area contributed by atoms with Crippen molar-refractivity contribution in [3.8, 4) is 5.75 Å². The molecule has 0 bridgehead atoms. The molecule has 0 aliphatic rings. The number of benzene rings is 1. The van der Waals surface area contributed by atoms with Gasteiger partial charge in [-0.25, -0.2) is 0 Å². The number of carboxylic acid groups (broad SMARTS) is 1. The van der Waals surface area contributed by atoms with E-state index < -0.39 is 18.0 Å². The summed E-state index contributed by atoms with van der Waals surface area (Å²) in [6, 6.07) is 5.20. The van der Waals surface area contributed by atoms with E-state index in [2.05, 4.69) is 0 Å². The summed E-state index contributed by atoms with van der Waals surface area (Å²) in [5.74, 6) is -0.297. The molecule has 0 radical (unpaired) electrons. The van der Waals surface area contributed by atoms with Crippen molar-refractivity contribution in [3.63, 3.8) is 0 Å². The number of aliphatic carboxylic acids is 1. The first-order valence-corrected chi connectivity index (χ1v) is 5.51. The topological polar surface area (TPSA) is 66.8 Å². The second-order valence-electron chi connectivity index (χ2n) is 4.18. The zero-order valence-corrected chi connectivity index (χ0v) is 10.4. The van der Waals surface area contributed by atoms with Crippen molar-refractivity contribution in [2.45, 2.75) is 25.7 Å². The fourth-order valence-corrected chi connectivity index (χ4v) is 1.68. The fourth-order valence-electron chi connectivity index (χ4n) is 1.68. The predicted octanol–water partition coefficient (Wildman–Crippen LogP) is 1.59. The quantitative estimate of drug-likeness (QED) is 0.817. The second-order valence-corrected chi connectivity index (χ2v) is 4.18. The van der Waals surface area contributed by atoms with E-state index in [4.69, 9.17) is 4.74 Å². The average Bonchev–Trinajstić information content (AvgIpc) is 2.36. The summed E-state index contributed by atoms with van der Waals surface area (Å²) in [7, 11) is 1.58. The Bertz CT molecular complexity index is 414. The zero-order valence-electron chi connectivity index (χ0n) is 10.4. The van der Waals surface area contributed by atoms with Crippen LogP contribution in [0.2, 0.25) is 0 Å². The molecule has 0 saturated carbocycles. The number of carboxylic acids is 1. The zero-order chi connectivity index (χ0) is 13.1. The SMILES string of the molecule is CCc1cc(C(C)(CO)C(=O)O)ccc1OC. The number of aliphatic hydroxyl groups excluding tert-OH is 1. The van der Waals surface area contributed by atoms with E-state index >= 15 is 0 Å². The fraction of sp³-hybridized carbons (Fsp3) is 0.462. The van der Waals surface area contributed by atoms with Gasteiger partial charge in [0.1, 0.15) is 11.2 Å². The third-order valence-corrected chi connectivity index (χ3v) is 3.09. The van der Waals surface area contributed by atoms with Crippen molar-refractivity contribution in [2.75, 3.05) is 13.7 Å². The molecule has 1 rings (SSSR count). The van der Waals surface area contributed by atoms with Gasteiger partial charge in [0.25, 0.3) is 0 Å². The van der Waals surface area contributed by atoms with Crippen molar-refractivity contribution < 1.29 is 19.7 Å².